The van der Waals surface area contributed by atoms with Crippen molar-refractivity contribution < 1.29 is 4.79 Å². The maximum absolute atomic E-state index is 12.6. The van der Waals surface area contributed by atoms with Crippen LogP contribution in [-0.4, -0.2) is 21.6 Å². The Hall–Kier alpha value is -2.83. The van der Waals surface area contributed by atoms with Crippen molar-refractivity contribution in [3.8, 4) is 0 Å². The summed E-state index contributed by atoms with van der Waals surface area (Å²) in [5.74, 6) is 0.263. The number of amides is 1. The molecule has 112 valence electrons. The number of rotatable bonds is 0. The van der Waals surface area contributed by atoms with E-state index in [-0.39, 0.29) is 17.3 Å². The van der Waals surface area contributed by atoms with Crippen LogP contribution in [0.4, 0.5) is 22.9 Å². The van der Waals surface area contributed by atoms with E-state index in [4.69, 9.17) is 0 Å². The van der Waals surface area contributed by atoms with Gasteiger partial charge in [-0.3, -0.25) is 23.6 Å². The van der Waals surface area contributed by atoms with Crippen LogP contribution in [0, 0.1) is 0 Å². The first kappa shape index (κ1) is 12.9. The van der Waals surface area contributed by atoms with Crippen LogP contribution in [0.2, 0.25) is 0 Å². The van der Waals surface area contributed by atoms with Crippen LogP contribution in [0.15, 0.2) is 33.9 Å². The summed E-state index contributed by atoms with van der Waals surface area (Å²) in [6, 6.07) is 7.42. The number of anilines is 4. The van der Waals surface area contributed by atoms with E-state index in [0.717, 1.165) is 10.3 Å². The van der Waals surface area contributed by atoms with Crippen LogP contribution >= 0.6 is 0 Å². The second kappa shape index (κ2) is 4.09. The van der Waals surface area contributed by atoms with Crippen molar-refractivity contribution in [2.24, 2.45) is 7.05 Å². The van der Waals surface area contributed by atoms with Gasteiger partial charge in [0.2, 0.25) is 5.91 Å². The number of hydrogen-bond donors (Lipinski definition) is 0. The molecule has 2 aromatic rings. The lowest BCUT2D eigenvalue weighted by Gasteiger charge is -2.35. The molecule has 0 atom stereocenters. The largest absolute Gasteiger partial charge is 0.332 e. The van der Waals surface area contributed by atoms with Crippen molar-refractivity contribution in [1.29, 1.82) is 0 Å². The van der Waals surface area contributed by atoms with Crippen molar-refractivity contribution >= 4 is 28.8 Å². The molecule has 22 heavy (non-hydrogen) atoms. The molecule has 0 fully saturated rings. The fourth-order valence-corrected chi connectivity index (χ4v) is 3.28. The van der Waals surface area contributed by atoms with Crippen LogP contribution in [-0.2, 0) is 18.4 Å². The van der Waals surface area contributed by atoms with Gasteiger partial charge >= 0.3 is 5.69 Å². The predicted molar refractivity (Wildman–Crippen MR) is 82.2 cm³/mol. The van der Waals surface area contributed by atoms with Crippen LogP contribution in [0.3, 0.4) is 0 Å². The summed E-state index contributed by atoms with van der Waals surface area (Å²) in [6.07, 6.45) is 0. The molecular weight excluding hydrogens is 284 g/mol. The van der Waals surface area contributed by atoms with Crippen molar-refractivity contribution in [3.05, 3.63) is 45.1 Å². The number of aromatic nitrogens is 2. The zero-order valence-corrected chi connectivity index (χ0v) is 12.2. The number of hydrogen-bond acceptors (Lipinski definition) is 4. The molecule has 1 aromatic heterocycles. The van der Waals surface area contributed by atoms with Gasteiger partial charge < -0.3 is 4.90 Å². The molecule has 2 aliphatic rings. The quantitative estimate of drug-likeness (QED) is 0.718. The highest BCUT2D eigenvalue weighted by Gasteiger charge is 2.38. The van der Waals surface area contributed by atoms with Gasteiger partial charge in [-0.05, 0) is 12.1 Å². The van der Waals surface area contributed by atoms with Crippen LogP contribution in [0.1, 0.15) is 6.92 Å². The van der Waals surface area contributed by atoms with E-state index in [2.05, 4.69) is 0 Å². The van der Waals surface area contributed by atoms with Crippen LogP contribution < -0.4 is 21.0 Å². The van der Waals surface area contributed by atoms with Gasteiger partial charge in [-0.2, -0.15) is 0 Å². The number of fused-ring (bicyclic) bond motifs is 2. The minimum Gasteiger partial charge on any atom is -0.322 e. The molecular formula is C15H14N4O3. The average Bonchev–Trinajstić information content (AvgIpc) is 2.95. The fraction of sp³-hybridized carbons (Fsp3) is 0.267. The molecule has 1 aromatic carbocycles. The van der Waals surface area contributed by atoms with E-state index in [0.29, 0.717) is 24.6 Å². The topological polar surface area (TPSA) is 67.6 Å². The Kier molecular flexibility index (Phi) is 2.40. The lowest BCUT2D eigenvalue weighted by atomic mass is 10.1. The maximum atomic E-state index is 12.6. The molecule has 0 radical (unpaired) electrons. The summed E-state index contributed by atoms with van der Waals surface area (Å²) in [4.78, 5) is 40.4. The van der Waals surface area contributed by atoms with Gasteiger partial charge in [-0.15, -0.1) is 0 Å². The third-order valence-electron chi connectivity index (χ3n) is 4.25. The molecule has 3 heterocycles. The molecule has 0 saturated carbocycles. The first-order chi connectivity index (χ1) is 10.5. The van der Waals surface area contributed by atoms with Crippen LogP contribution in [0.25, 0.3) is 0 Å². The van der Waals surface area contributed by atoms with E-state index >= 15 is 0 Å². The fourth-order valence-electron chi connectivity index (χ4n) is 3.28. The van der Waals surface area contributed by atoms with E-state index < -0.39 is 5.56 Å². The zero-order valence-electron chi connectivity index (χ0n) is 12.2. The van der Waals surface area contributed by atoms with Crippen molar-refractivity contribution in [3.63, 3.8) is 0 Å². The van der Waals surface area contributed by atoms with Gasteiger partial charge in [0.25, 0.3) is 5.56 Å². The number of para-hydroxylation sites is 2. The molecule has 0 N–H and O–H groups in total. The highest BCUT2D eigenvalue weighted by atomic mass is 16.2. The van der Waals surface area contributed by atoms with Gasteiger partial charge in [-0.1, -0.05) is 12.1 Å². The third kappa shape index (κ3) is 1.37. The normalized spacial score (nSPS) is 14.8. The van der Waals surface area contributed by atoms with Crippen molar-refractivity contribution in [2.45, 2.75) is 13.5 Å². The number of benzene rings is 1. The molecule has 0 saturated heterocycles. The predicted octanol–water partition coefficient (Wildman–Crippen LogP) is 0.697. The van der Waals surface area contributed by atoms with E-state index in [1.807, 2.05) is 29.2 Å². The van der Waals surface area contributed by atoms with E-state index in [9.17, 15) is 14.4 Å². The maximum Gasteiger partial charge on any atom is 0.332 e. The third-order valence-corrected chi connectivity index (χ3v) is 4.25. The van der Waals surface area contributed by atoms with Gasteiger partial charge in [0, 0.05) is 27.1 Å². The molecule has 0 unspecified atom stereocenters. The smallest absolute Gasteiger partial charge is 0.322 e. The minimum atomic E-state index is -0.451. The number of carbonyl (C=O) groups excluding carboxylic acids is 1. The SMILES string of the molecule is CC(=O)N1c2ccccc2N2CCn3c2c1c(=O)n(C)c3=O. The summed E-state index contributed by atoms with van der Waals surface area (Å²) in [5, 5.41) is 0. The molecule has 0 bridgehead atoms. The second-order valence-electron chi connectivity index (χ2n) is 5.47. The monoisotopic (exact) mass is 298 g/mol. The summed E-state index contributed by atoms with van der Waals surface area (Å²) in [7, 11) is 1.44. The van der Waals surface area contributed by atoms with Crippen molar-refractivity contribution in [1.82, 2.24) is 9.13 Å². The van der Waals surface area contributed by atoms with Gasteiger partial charge in [0.15, 0.2) is 5.69 Å². The molecule has 2 aliphatic heterocycles. The van der Waals surface area contributed by atoms with Gasteiger partial charge in [0.05, 0.1) is 11.4 Å². The Morgan fingerprint density at radius 3 is 2.45 bits per heavy atom. The Morgan fingerprint density at radius 2 is 1.77 bits per heavy atom. The first-order valence-electron chi connectivity index (χ1n) is 7.03. The molecule has 7 nitrogen and oxygen atoms in total. The lowest BCUT2D eigenvalue weighted by molar-refractivity contribution is -0.115. The van der Waals surface area contributed by atoms with Crippen molar-refractivity contribution in [2.75, 3.05) is 16.3 Å². The number of nitrogens with zero attached hydrogens (tertiary/aromatic N) is 4. The molecule has 4 rings (SSSR count). The van der Waals surface area contributed by atoms with Gasteiger partial charge in [-0.25, -0.2) is 4.79 Å². The molecule has 1 amide bonds. The Bertz CT molecular complexity index is 941. The van der Waals surface area contributed by atoms with Gasteiger partial charge in [0.1, 0.15) is 5.82 Å². The summed E-state index contributed by atoms with van der Waals surface area (Å²) < 4.78 is 2.62. The zero-order chi connectivity index (χ0) is 15.6. The van der Waals surface area contributed by atoms with Crippen LogP contribution in [0.5, 0.6) is 0 Å². The standard InChI is InChI=1S/C15H14N4O3/c1-9(20)19-11-6-4-3-5-10(11)17-7-8-18-13(17)12(19)14(21)16(2)15(18)22/h3-6H,7-8H2,1-2H3. The van der Waals surface area contributed by atoms with E-state index in [1.165, 1.54) is 18.9 Å². The Morgan fingerprint density at radius 1 is 1.09 bits per heavy atom. The second-order valence-corrected chi connectivity index (χ2v) is 5.47. The highest BCUT2D eigenvalue weighted by Crippen LogP contribution is 2.47. The minimum absolute atomic E-state index is 0.252. The molecule has 0 spiro atoms. The Balaban J connectivity index is 2.18. The summed E-state index contributed by atoms with van der Waals surface area (Å²) in [5.41, 5.74) is 0.962. The summed E-state index contributed by atoms with van der Waals surface area (Å²) in [6.45, 7) is 2.52. The summed E-state index contributed by atoms with van der Waals surface area (Å²) >= 11 is 0. The average molecular weight is 298 g/mol. The van der Waals surface area contributed by atoms with E-state index in [1.54, 1.807) is 4.57 Å². The Labute approximate surface area is 125 Å². The molecule has 7 heteroatoms. The number of carbonyl (C=O) groups is 1. The highest BCUT2D eigenvalue weighted by molar-refractivity contribution is 6.08. The molecule has 0 aliphatic carbocycles. The first-order valence-corrected chi connectivity index (χ1v) is 7.03. The lowest BCUT2D eigenvalue weighted by Crippen LogP contribution is -2.43.